The van der Waals surface area contributed by atoms with Crippen molar-refractivity contribution >= 4 is 45.9 Å². The molecule has 9 heteroatoms. The second-order valence-electron chi connectivity index (χ2n) is 6.42. The molecular formula is C20H23N3O4S2. The number of nitrogens with zero attached hydrogens (tertiary/aromatic N) is 2. The number of hydrogen-bond donors (Lipinski definition) is 1. The summed E-state index contributed by atoms with van der Waals surface area (Å²) in [5.41, 5.74) is 1.56. The number of nitrogens with one attached hydrogen (secondary N) is 1. The molecule has 2 heterocycles. The van der Waals surface area contributed by atoms with Gasteiger partial charge < -0.3 is 14.5 Å². The molecule has 154 valence electrons. The van der Waals surface area contributed by atoms with Crippen LogP contribution in [0.25, 0.3) is 11.0 Å². The number of carbonyl (C=O) groups is 2. The lowest BCUT2D eigenvalue weighted by Crippen LogP contribution is -2.24. The third-order valence-electron chi connectivity index (χ3n) is 4.32. The first kappa shape index (κ1) is 21.3. The predicted octanol–water partition coefficient (Wildman–Crippen LogP) is 4.35. The Hall–Kier alpha value is -2.39. The third kappa shape index (κ3) is 5.80. The number of methoxy groups -OCH3 is 1. The number of furan rings is 1. The first-order chi connectivity index (χ1) is 14.1. The lowest BCUT2D eigenvalue weighted by molar-refractivity contribution is -0.140. The summed E-state index contributed by atoms with van der Waals surface area (Å²) < 4.78 is 11.3. The zero-order chi connectivity index (χ0) is 20.6. The van der Waals surface area contributed by atoms with Crippen LogP contribution in [0.3, 0.4) is 0 Å². The molecular weight excluding hydrogens is 410 g/mol. The lowest BCUT2D eigenvalue weighted by Gasteiger charge is -2.05. The molecule has 0 saturated carbocycles. The molecule has 29 heavy (non-hydrogen) atoms. The number of unbranched alkanes of at least 4 members (excludes halogenated alkanes) is 2. The standard InChI is InChI=1S/C20H23N3O4S2/c1-13-22-23-20(29-13)28-12-15-14-8-5-6-9-16(14)27-18(15)19(25)21-11-7-3-4-10-17(24)26-2/h5-6,8-9H,3-4,7,10-12H2,1-2H3,(H,21,25). The molecule has 0 aliphatic carbocycles. The van der Waals surface area contributed by atoms with Crippen molar-refractivity contribution in [1.82, 2.24) is 15.5 Å². The molecule has 3 rings (SSSR count). The van der Waals surface area contributed by atoms with Crippen LogP contribution in [0, 0.1) is 6.92 Å². The summed E-state index contributed by atoms with van der Waals surface area (Å²) in [6.45, 7) is 2.44. The van der Waals surface area contributed by atoms with Crippen LogP contribution < -0.4 is 5.32 Å². The van der Waals surface area contributed by atoms with Crippen LogP contribution in [0.4, 0.5) is 0 Å². The highest BCUT2D eigenvalue weighted by Gasteiger charge is 2.20. The number of esters is 1. The van der Waals surface area contributed by atoms with E-state index in [-0.39, 0.29) is 11.9 Å². The van der Waals surface area contributed by atoms with E-state index in [1.165, 1.54) is 18.4 Å². The van der Waals surface area contributed by atoms with Crippen LogP contribution >= 0.6 is 23.1 Å². The van der Waals surface area contributed by atoms with Crippen LogP contribution in [0.5, 0.6) is 0 Å². The smallest absolute Gasteiger partial charge is 0.305 e. The van der Waals surface area contributed by atoms with E-state index in [2.05, 4.69) is 20.3 Å². The number of hydrogen-bond acceptors (Lipinski definition) is 8. The van der Waals surface area contributed by atoms with Gasteiger partial charge in [0.25, 0.3) is 5.91 Å². The number of fused-ring (bicyclic) bond motifs is 1. The van der Waals surface area contributed by atoms with E-state index >= 15 is 0 Å². The Morgan fingerprint density at radius 1 is 1.21 bits per heavy atom. The zero-order valence-corrected chi connectivity index (χ0v) is 18.0. The topological polar surface area (TPSA) is 94.3 Å². The van der Waals surface area contributed by atoms with Gasteiger partial charge in [0.2, 0.25) is 0 Å². The molecule has 0 aliphatic heterocycles. The molecule has 1 N–H and O–H groups in total. The Morgan fingerprint density at radius 2 is 2.03 bits per heavy atom. The highest BCUT2D eigenvalue weighted by Crippen LogP contribution is 2.33. The van der Waals surface area contributed by atoms with Gasteiger partial charge in [0, 0.05) is 29.7 Å². The number of amides is 1. The van der Waals surface area contributed by atoms with E-state index in [1.54, 1.807) is 11.8 Å². The number of para-hydroxylation sites is 1. The van der Waals surface area contributed by atoms with E-state index in [4.69, 9.17) is 4.42 Å². The number of aryl methyl sites for hydroxylation is 1. The molecule has 0 atom stereocenters. The lowest BCUT2D eigenvalue weighted by atomic mass is 10.1. The number of thioether (sulfide) groups is 1. The summed E-state index contributed by atoms with van der Waals surface area (Å²) >= 11 is 3.08. The van der Waals surface area contributed by atoms with Crippen LogP contribution in [0.2, 0.25) is 0 Å². The molecule has 1 aromatic carbocycles. The maximum absolute atomic E-state index is 12.7. The Balaban J connectivity index is 1.61. The number of benzene rings is 1. The maximum Gasteiger partial charge on any atom is 0.305 e. The summed E-state index contributed by atoms with van der Waals surface area (Å²) in [6.07, 6.45) is 2.78. The molecule has 0 bridgehead atoms. The van der Waals surface area contributed by atoms with Gasteiger partial charge in [0.05, 0.1) is 7.11 Å². The van der Waals surface area contributed by atoms with Crippen LogP contribution in [0.1, 0.15) is 46.8 Å². The highest BCUT2D eigenvalue weighted by atomic mass is 32.2. The van der Waals surface area contributed by atoms with E-state index < -0.39 is 0 Å². The quantitative estimate of drug-likeness (QED) is 0.289. The minimum absolute atomic E-state index is 0.205. The van der Waals surface area contributed by atoms with Gasteiger partial charge in [-0.1, -0.05) is 47.7 Å². The Morgan fingerprint density at radius 3 is 2.79 bits per heavy atom. The molecule has 0 spiro atoms. The maximum atomic E-state index is 12.7. The molecule has 0 fully saturated rings. The molecule has 0 radical (unpaired) electrons. The summed E-state index contributed by atoms with van der Waals surface area (Å²) in [5.74, 6) is 0.491. The van der Waals surface area contributed by atoms with E-state index in [1.807, 2.05) is 31.2 Å². The van der Waals surface area contributed by atoms with Gasteiger partial charge in [-0.25, -0.2) is 0 Å². The monoisotopic (exact) mass is 433 g/mol. The molecule has 7 nitrogen and oxygen atoms in total. The van der Waals surface area contributed by atoms with E-state index in [0.717, 1.165) is 39.6 Å². The van der Waals surface area contributed by atoms with Crippen LogP contribution in [0.15, 0.2) is 33.0 Å². The van der Waals surface area contributed by atoms with Crippen molar-refractivity contribution in [2.75, 3.05) is 13.7 Å². The van der Waals surface area contributed by atoms with Crippen molar-refractivity contribution in [1.29, 1.82) is 0 Å². The minimum atomic E-state index is -0.224. The van der Waals surface area contributed by atoms with Crippen molar-refractivity contribution in [3.05, 3.63) is 40.6 Å². The second kappa shape index (κ2) is 10.4. The Bertz CT molecular complexity index is 983. The van der Waals surface area contributed by atoms with Crippen molar-refractivity contribution in [3.8, 4) is 0 Å². The van der Waals surface area contributed by atoms with Crippen LogP contribution in [-0.4, -0.2) is 35.7 Å². The van der Waals surface area contributed by atoms with Gasteiger partial charge in [-0.15, -0.1) is 10.2 Å². The zero-order valence-electron chi connectivity index (χ0n) is 16.4. The van der Waals surface area contributed by atoms with Gasteiger partial charge in [-0.05, 0) is 25.8 Å². The number of carbonyl (C=O) groups excluding carboxylic acids is 2. The third-order valence-corrected chi connectivity index (χ3v) is 6.32. The Kier molecular flexibility index (Phi) is 7.65. The summed E-state index contributed by atoms with van der Waals surface area (Å²) in [7, 11) is 1.39. The van der Waals surface area contributed by atoms with Gasteiger partial charge in [-0.3, -0.25) is 9.59 Å². The molecule has 3 aromatic rings. The van der Waals surface area contributed by atoms with Crippen LogP contribution in [-0.2, 0) is 15.3 Å². The average molecular weight is 434 g/mol. The molecule has 1 amide bonds. The molecule has 0 saturated heterocycles. The fourth-order valence-electron chi connectivity index (χ4n) is 2.85. The number of aromatic nitrogens is 2. The number of ether oxygens (including phenoxy) is 1. The summed E-state index contributed by atoms with van der Waals surface area (Å²) in [4.78, 5) is 23.8. The fourth-order valence-corrected chi connectivity index (χ4v) is 4.69. The fraction of sp³-hybridized carbons (Fsp3) is 0.400. The second-order valence-corrected chi connectivity index (χ2v) is 8.83. The SMILES string of the molecule is COC(=O)CCCCCNC(=O)c1oc2ccccc2c1CSc1nnc(C)s1. The average Bonchev–Trinajstić information content (AvgIpc) is 3.31. The van der Waals surface area contributed by atoms with Crippen molar-refractivity contribution < 1.29 is 18.7 Å². The predicted molar refractivity (Wildman–Crippen MR) is 113 cm³/mol. The van der Waals surface area contributed by atoms with Crippen molar-refractivity contribution in [2.45, 2.75) is 42.7 Å². The molecule has 0 unspecified atom stereocenters. The highest BCUT2D eigenvalue weighted by molar-refractivity contribution is 8.00. The molecule has 2 aromatic heterocycles. The van der Waals surface area contributed by atoms with Crippen molar-refractivity contribution in [2.24, 2.45) is 0 Å². The first-order valence-corrected chi connectivity index (χ1v) is 11.2. The van der Waals surface area contributed by atoms with E-state index in [0.29, 0.717) is 30.1 Å². The van der Waals surface area contributed by atoms with Gasteiger partial charge >= 0.3 is 5.97 Å². The largest absolute Gasteiger partial charge is 0.469 e. The first-order valence-electron chi connectivity index (χ1n) is 9.37. The summed E-state index contributed by atoms with van der Waals surface area (Å²) in [5, 5.41) is 12.9. The minimum Gasteiger partial charge on any atom is -0.469 e. The van der Waals surface area contributed by atoms with Gasteiger partial charge in [-0.2, -0.15) is 0 Å². The van der Waals surface area contributed by atoms with Crippen molar-refractivity contribution in [3.63, 3.8) is 0 Å². The normalized spacial score (nSPS) is 11.0. The Labute approximate surface area is 177 Å². The number of rotatable bonds is 10. The molecule has 0 aliphatic rings. The van der Waals surface area contributed by atoms with Gasteiger partial charge in [0.1, 0.15) is 10.6 Å². The summed E-state index contributed by atoms with van der Waals surface area (Å²) in [6, 6.07) is 7.65. The van der Waals surface area contributed by atoms with E-state index in [9.17, 15) is 9.59 Å². The van der Waals surface area contributed by atoms with Gasteiger partial charge in [0.15, 0.2) is 10.1 Å².